The van der Waals surface area contributed by atoms with Crippen molar-refractivity contribution < 1.29 is 19.4 Å². The van der Waals surface area contributed by atoms with Gasteiger partial charge in [0.25, 0.3) is 0 Å². The molecule has 0 aliphatic carbocycles. The zero-order chi connectivity index (χ0) is 13.5. The average Bonchev–Trinajstić information content (AvgIpc) is 2.70. The van der Waals surface area contributed by atoms with Gasteiger partial charge in [0.15, 0.2) is 0 Å². The number of rotatable bonds is 8. The Morgan fingerprint density at radius 2 is 2.28 bits per heavy atom. The Morgan fingerprint density at radius 1 is 1.56 bits per heavy atom. The van der Waals surface area contributed by atoms with Crippen LogP contribution in [0.4, 0.5) is 0 Å². The molecule has 3 N–H and O–H groups in total. The number of aromatic carboxylic acids is 1. The topological polar surface area (TPSA) is 82.7 Å². The van der Waals surface area contributed by atoms with Gasteiger partial charge >= 0.3 is 5.97 Å². The first kappa shape index (κ1) is 14.7. The Morgan fingerprint density at radius 3 is 2.83 bits per heavy atom. The minimum absolute atomic E-state index is 0.0145. The Kier molecular flexibility index (Phi) is 5.88. The number of carbonyl (C=O) groups is 1. The van der Waals surface area contributed by atoms with Gasteiger partial charge in [-0.15, -0.1) is 0 Å². The summed E-state index contributed by atoms with van der Waals surface area (Å²) in [5.74, 6) is -0.0485. The second-order valence-electron chi connectivity index (χ2n) is 4.64. The molecule has 0 aliphatic rings. The number of carboxylic acid groups (broad SMARTS) is 1. The molecular formula is C13H21NO4. The van der Waals surface area contributed by atoms with Gasteiger partial charge in [-0.05, 0) is 38.3 Å². The van der Waals surface area contributed by atoms with E-state index in [-0.39, 0.29) is 12.4 Å². The fourth-order valence-electron chi connectivity index (χ4n) is 1.73. The number of aliphatic hydroxyl groups excluding tert-OH is 1. The third kappa shape index (κ3) is 4.50. The lowest BCUT2D eigenvalue weighted by atomic mass is 10.1. The number of aryl methyl sites for hydroxylation is 1. The first-order chi connectivity index (χ1) is 8.54. The van der Waals surface area contributed by atoms with E-state index in [4.69, 9.17) is 14.6 Å². The maximum Gasteiger partial charge on any atom is 0.372 e. The Balaban J connectivity index is 2.27. The summed E-state index contributed by atoms with van der Waals surface area (Å²) in [5.41, 5.74) is 0.646. The van der Waals surface area contributed by atoms with E-state index in [0.717, 1.165) is 19.4 Å². The molecule has 0 fully saturated rings. The summed E-state index contributed by atoms with van der Waals surface area (Å²) < 4.78 is 5.22. The standard InChI is InChI=1S/C13H21NO4/c1-9(8-15)4-3-5-14-7-11-6-10(2)12(18-11)13(16)17/h6,9,14-15H,3-5,7-8H2,1-2H3,(H,16,17). The second-order valence-corrected chi connectivity index (χ2v) is 4.64. The predicted molar refractivity (Wildman–Crippen MR) is 67.6 cm³/mol. The molecule has 0 aromatic carbocycles. The molecule has 0 saturated heterocycles. The third-order valence-corrected chi connectivity index (χ3v) is 2.82. The monoisotopic (exact) mass is 255 g/mol. The van der Waals surface area contributed by atoms with Gasteiger partial charge in [-0.1, -0.05) is 6.92 Å². The molecule has 1 atom stereocenters. The average molecular weight is 255 g/mol. The lowest BCUT2D eigenvalue weighted by Crippen LogP contribution is -2.15. The highest BCUT2D eigenvalue weighted by molar-refractivity contribution is 5.86. The van der Waals surface area contributed by atoms with Crippen LogP contribution in [0.3, 0.4) is 0 Å². The first-order valence-corrected chi connectivity index (χ1v) is 6.18. The highest BCUT2D eigenvalue weighted by Gasteiger charge is 2.13. The van der Waals surface area contributed by atoms with Crippen LogP contribution in [0.2, 0.25) is 0 Å². The summed E-state index contributed by atoms with van der Waals surface area (Å²) in [7, 11) is 0. The summed E-state index contributed by atoms with van der Waals surface area (Å²) in [6, 6.07) is 1.74. The zero-order valence-electron chi connectivity index (χ0n) is 10.9. The first-order valence-electron chi connectivity index (χ1n) is 6.18. The normalized spacial score (nSPS) is 12.6. The van der Waals surface area contributed by atoms with E-state index < -0.39 is 5.97 Å². The number of furan rings is 1. The Bertz CT molecular complexity index is 386. The van der Waals surface area contributed by atoms with Crippen LogP contribution in [0.1, 0.15) is 41.6 Å². The van der Waals surface area contributed by atoms with Crippen molar-refractivity contribution in [1.29, 1.82) is 0 Å². The van der Waals surface area contributed by atoms with Crippen molar-refractivity contribution in [2.45, 2.75) is 33.2 Å². The van der Waals surface area contributed by atoms with Gasteiger partial charge in [0.2, 0.25) is 5.76 Å². The van der Waals surface area contributed by atoms with Crippen LogP contribution in [0.5, 0.6) is 0 Å². The van der Waals surface area contributed by atoms with Crippen molar-refractivity contribution in [2.24, 2.45) is 5.92 Å². The SMILES string of the molecule is Cc1cc(CNCCCC(C)CO)oc1C(=O)O. The lowest BCUT2D eigenvalue weighted by molar-refractivity contribution is 0.0659. The molecule has 102 valence electrons. The maximum atomic E-state index is 10.8. The molecule has 0 bridgehead atoms. The third-order valence-electron chi connectivity index (χ3n) is 2.82. The summed E-state index contributed by atoms with van der Waals surface area (Å²) in [5, 5.41) is 20.9. The summed E-state index contributed by atoms with van der Waals surface area (Å²) in [4.78, 5) is 10.8. The number of nitrogens with one attached hydrogen (secondary N) is 1. The fraction of sp³-hybridized carbons (Fsp3) is 0.615. The van der Waals surface area contributed by atoms with Gasteiger partial charge in [0.05, 0.1) is 6.54 Å². The van der Waals surface area contributed by atoms with Gasteiger partial charge in [0.1, 0.15) is 5.76 Å². The van der Waals surface area contributed by atoms with Crippen LogP contribution < -0.4 is 5.32 Å². The number of carboxylic acids is 1. The number of aliphatic hydroxyl groups is 1. The molecule has 0 amide bonds. The molecule has 0 radical (unpaired) electrons. The van der Waals surface area contributed by atoms with Crippen LogP contribution >= 0.6 is 0 Å². The molecular weight excluding hydrogens is 234 g/mol. The van der Waals surface area contributed by atoms with Crippen molar-refractivity contribution in [2.75, 3.05) is 13.2 Å². The predicted octanol–water partition coefficient (Wildman–Crippen LogP) is 1.78. The molecule has 1 aromatic rings. The molecule has 0 spiro atoms. The Labute approximate surface area is 107 Å². The van der Waals surface area contributed by atoms with E-state index in [2.05, 4.69) is 5.32 Å². The second kappa shape index (κ2) is 7.18. The summed E-state index contributed by atoms with van der Waals surface area (Å²) >= 11 is 0. The summed E-state index contributed by atoms with van der Waals surface area (Å²) in [6.45, 7) is 5.31. The zero-order valence-corrected chi connectivity index (χ0v) is 10.9. The Hall–Kier alpha value is -1.33. The van der Waals surface area contributed by atoms with Crippen molar-refractivity contribution in [3.05, 3.63) is 23.2 Å². The molecule has 5 heteroatoms. The van der Waals surface area contributed by atoms with Crippen molar-refractivity contribution in [1.82, 2.24) is 5.32 Å². The van der Waals surface area contributed by atoms with Crippen molar-refractivity contribution in [3.8, 4) is 0 Å². The van der Waals surface area contributed by atoms with E-state index in [1.807, 2.05) is 6.92 Å². The van der Waals surface area contributed by atoms with Crippen LogP contribution in [0.25, 0.3) is 0 Å². The van der Waals surface area contributed by atoms with Gasteiger partial charge in [-0.3, -0.25) is 0 Å². The maximum absolute atomic E-state index is 10.8. The van der Waals surface area contributed by atoms with Crippen molar-refractivity contribution in [3.63, 3.8) is 0 Å². The van der Waals surface area contributed by atoms with E-state index in [0.29, 0.717) is 23.8 Å². The van der Waals surface area contributed by atoms with Gasteiger partial charge in [-0.25, -0.2) is 4.79 Å². The smallest absolute Gasteiger partial charge is 0.372 e. The minimum atomic E-state index is -1.03. The van der Waals surface area contributed by atoms with Crippen molar-refractivity contribution >= 4 is 5.97 Å². The summed E-state index contributed by atoms with van der Waals surface area (Å²) in [6.07, 6.45) is 1.95. The van der Waals surface area contributed by atoms with Crippen LogP contribution in [0, 0.1) is 12.8 Å². The lowest BCUT2D eigenvalue weighted by Gasteiger charge is -2.07. The largest absolute Gasteiger partial charge is 0.475 e. The van der Waals surface area contributed by atoms with E-state index in [9.17, 15) is 4.79 Å². The number of hydrogen-bond acceptors (Lipinski definition) is 4. The molecule has 1 rings (SSSR count). The van der Waals surface area contributed by atoms with Gasteiger partial charge in [-0.2, -0.15) is 0 Å². The van der Waals surface area contributed by atoms with Crippen LogP contribution in [-0.2, 0) is 6.54 Å². The minimum Gasteiger partial charge on any atom is -0.475 e. The molecule has 1 unspecified atom stereocenters. The van der Waals surface area contributed by atoms with E-state index in [1.165, 1.54) is 0 Å². The molecule has 0 saturated carbocycles. The molecule has 18 heavy (non-hydrogen) atoms. The molecule has 1 heterocycles. The van der Waals surface area contributed by atoms with E-state index >= 15 is 0 Å². The highest BCUT2D eigenvalue weighted by atomic mass is 16.4. The number of hydrogen-bond donors (Lipinski definition) is 3. The van der Waals surface area contributed by atoms with Crippen LogP contribution in [0.15, 0.2) is 10.5 Å². The van der Waals surface area contributed by atoms with E-state index in [1.54, 1.807) is 13.0 Å². The highest BCUT2D eigenvalue weighted by Crippen LogP contribution is 2.14. The quantitative estimate of drug-likeness (QED) is 0.617. The van der Waals surface area contributed by atoms with Gasteiger partial charge < -0.3 is 19.9 Å². The molecule has 1 aromatic heterocycles. The fourth-order valence-corrected chi connectivity index (χ4v) is 1.73. The van der Waals surface area contributed by atoms with Crippen LogP contribution in [-0.4, -0.2) is 29.3 Å². The van der Waals surface area contributed by atoms with Gasteiger partial charge in [0, 0.05) is 12.2 Å². The molecule has 0 aliphatic heterocycles. The molecule has 5 nitrogen and oxygen atoms in total.